The van der Waals surface area contributed by atoms with Crippen LogP contribution in [0.4, 0.5) is 0 Å². The summed E-state index contributed by atoms with van der Waals surface area (Å²) in [5.41, 5.74) is 0.435. The lowest BCUT2D eigenvalue weighted by Gasteiger charge is -2.35. The zero-order chi connectivity index (χ0) is 16.8. The van der Waals surface area contributed by atoms with E-state index < -0.39 is 18.5 Å². The van der Waals surface area contributed by atoms with Gasteiger partial charge in [-0.05, 0) is 43.5 Å². The maximum Gasteiger partial charge on any atom is 0.341 e. The van der Waals surface area contributed by atoms with Crippen LogP contribution in [-0.2, 0) is 9.59 Å². The molecule has 1 amide bonds. The highest BCUT2D eigenvalue weighted by atomic mass is 16.5. The van der Waals surface area contributed by atoms with Crippen molar-refractivity contribution in [2.75, 3.05) is 13.2 Å². The van der Waals surface area contributed by atoms with Gasteiger partial charge in [0.05, 0.1) is 6.42 Å². The minimum absolute atomic E-state index is 0.0501. The Morgan fingerprint density at radius 1 is 1.09 bits per heavy atom. The molecule has 23 heavy (non-hydrogen) atoms. The first-order chi connectivity index (χ1) is 11.0. The normalized spacial score (nSPS) is 17.6. The predicted molar refractivity (Wildman–Crippen MR) is 80.5 cm³/mol. The third-order valence-electron chi connectivity index (χ3n) is 3.76. The molecule has 0 saturated carbocycles. The molecule has 1 atom stereocenters. The van der Waals surface area contributed by atoms with Crippen LogP contribution in [0.3, 0.4) is 0 Å². The Labute approximate surface area is 133 Å². The van der Waals surface area contributed by atoms with Crippen LogP contribution in [0.15, 0.2) is 24.3 Å². The Balaban J connectivity index is 2.05. The van der Waals surface area contributed by atoms with E-state index >= 15 is 0 Å². The molecule has 124 valence electrons. The van der Waals surface area contributed by atoms with Crippen molar-refractivity contribution in [3.05, 3.63) is 29.8 Å². The molecule has 1 aromatic rings. The van der Waals surface area contributed by atoms with E-state index in [2.05, 4.69) is 0 Å². The quantitative estimate of drug-likeness (QED) is 0.825. The van der Waals surface area contributed by atoms with E-state index in [4.69, 9.17) is 14.9 Å². The van der Waals surface area contributed by atoms with Crippen LogP contribution in [0.5, 0.6) is 5.75 Å². The van der Waals surface area contributed by atoms with Crippen molar-refractivity contribution in [3.8, 4) is 5.75 Å². The van der Waals surface area contributed by atoms with Crippen molar-refractivity contribution in [3.63, 3.8) is 0 Å². The summed E-state index contributed by atoms with van der Waals surface area (Å²) in [4.78, 5) is 35.6. The average molecular weight is 321 g/mol. The number of carboxylic acid groups (broad SMARTS) is 2. The molecule has 0 aliphatic carbocycles. The Hall–Kier alpha value is -2.57. The summed E-state index contributed by atoms with van der Waals surface area (Å²) in [7, 11) is 0. The highest BCUT2D eigenvalue weighted by Crippen LogP contribution is 2.23. The van der Waals surface area contributed by atoms with E-state index in [0.717, 1.165) is 12.8 Å². The number of ether oxygens (including phenoxy) is 1. The van der Waals surface area contributed by atoms with Crippen LogP contribution < -0.4 is 4.74 Å². The molecule has 2 N–H and O–H groups in total. The summed E-state index contributed by atoms with van der Waals surface area (Å²) in [5.74, 6) is -1.83. The molecule has 0 aromatic heterocycles. The first-order valence-corrected chi connectivity index (χ1v) is 7.45. The van der Waals surface area contributed by atoms with Crippen molar-refractivity contribution in [1.82, 2.24) is 4.90 Å². The molecule has 1 fully saturated rings. The Kier molecular flexibility index (Phi) is 5.56. The molecule has 1 heterocycles. The lowest BCUT2D eigenvalue weighted by molar-refractivity contribution is -0.140. The van der Waals surface area contributed by atoms with Gasteiger partial charge < -0.3 is 19.8 Å². The summed E-state index contributed by atoms with van der Waals surface area (Å²) < 4.78 is 5.02. The summed E-state index contributed by atoms with van der Waals surface area (Å²) in [6.07, 6.45) is 2.43. The van der Waals surface area contributed by atoms with Gasteiger partial charge in [-0.25, -0.2) is 4.79 Å². The molecular weight excluding hydrogens is 302 g/mol. The van der Waals surface area contributed by atoms with Crippen LogP contribution in [-0.4, -0.2) is 52.2 Å². The van der Waals surface area contributed by atoms with Crippen molar-refractivity contribution in [2.24, 2.45) is 0 Å². The van der Waals surface area contributed by atoms with Crippen LogP contribution in [0, 0.1) is 0 Å². The SMILES string of the molecule is O=C(O)COc1ccc(C(=O)N2CCCCC2CC(=O)O)cc1. The molecule has 7 nitrogen and oxygen atoms in total. The number of aliphatic carboxylic acids is 2. The molecule has 1 unspecified atom stereocenters. The van der Waals surface area contributed by atoms with Gasteiger partial charge in [0, 0.05) is 18.2 Å². The molecule has 2 rings (SSSR count). The fourth-order valence-corrected chi connectivity index (χ4v) is 2.69. The van der Waals surface area contributed by atoms with E-state index in [1.165, 1.54) is 12.1 Å². The second-order valence-electron chi connectivity index (χ2n) is 5.45. The summed E-state index contributed by atoms with van der Waals surface area (Å²) in [6.45, 7) is 0.105. The highest BCUT2D eigenvalue weighted by molar-refractivity contribution is 5.94. The fourth-order valence-electron chi connectivity index (χ4n) is 2.69. The summed E-state index contributed by atoms with van der Waals surface area (Å²) in [5, 5.41) is 17.5. The van der Waals surface area contributed by atoms with Gasteiger partial charge in [0.15, 0.2) is 6.61 Å². The molecule has 1 aromatic carbocycles. The number of carboxylic acids is 2. The van der Waals surface area contributed by atoms with E-state index in [9.17, 15) is 14.4 Å². The molecule has 0 radical (unpaired) electrons. The van der Waals surface area contributed by atoms with Crippen LogP contribution in [0.25, 0.3) is 0 Å². The van der Waals surface area contributed by atoms with Gasteiger partial charge in [0.1, 0.15) is 5.75 Å². The number of rotatable bonds is 6. The highest BCUT2D eigenvalue weighted by Gasteiger charge is 2.29. The molecule has 0 bridgehead atoms. The Morgan fingerprint density at radius 2 is 1.78 bits per heavy atom. The molecular formula is C16H19NO6. The maximum atomic E-state index is 12.6. The number of nitrogens with zero attached hydrogens (tertiary/aromatic N) is 1. The third kappa shape index (κ3) is 4.70. The van der Waals surface area contributed by atoms with Gasteiger partial charge in [0.2, 0.25) is 0 Å². The molecule has 1 saturated heterocycles. The number of carbonyl (C=O) groups is 3. The molecule has 7 heteroatoms. The minimum Gasteiger partial charge on any atom is -0.482 e. The van der Waals surface area contributed by atoms with Crippen molar-refractivity contribution < 1.29 is 29.3 Å². The van der Waals surface area contributed by atoms with Gasteiger partial charge in [-0.3, -0.25) is 9.59 Å². The van der Waals surface area contributed by atoms with Gasteiger partial charge in [-0.15, -0.1) is 0 Å². The van der Waals surface area contributed by atoms with Crippen LogP contribution in [0.1, 0.15) is 36.0 Å². The van der Waals surface area contributed by atoms with Crippen molar-refractivity contribution in [2.45, 2.75) is 31.7 Å². The van der Waals surface area contributed by atoms with E-state index in [-0.39, 0.29) is 18.4 Å². The lowest BCUT2D eigenvalue weighted by atomic mass is 9.98. The molecule has 0 spiro atoms. The number of piperidine rings is 1. The van der Waals surface area contributed by atoms with Crippen LogP contribution in [0.2, 0.25) is 0 Å². The maximum absolute atomic E-state index is 12.6. The van der Waals surface area contributed by atoms with Gasteiger partial charge in [0.25, 0.3) is 5.91 Å². The standard InChI is InChI=1S/C16H19NO6/c18-14(19)9-12-3-1-2-8-17(12)16(22)11-4-6-13(7-5-11)23-10-15(20)21/h4-7,12H,1-3,8-10H2,(H,18,19)(H,20,21). The number of hydrogen-bond donors (Lipinski definition) is 2. The van der Waals surface area contributed by atoms with Gasteiger partial charge in [-0.1, -0.05) is 0 Å². The number of benzene rings is 1. The second kappa shape index (κ2) is 7.62. The minimum atomic E-state index is -1.07. The Bertz CT molecular complexity index is 583. The number of likely N-dealkylation sites (tertiary alicyclic amines) is 1. The summed E-state index contributed by atoms with van der Waals surface area (Å²) >= 11 is 0. The monoisotopic (exact) mass is 321 g/mol. The predicted octanol–water partition coefficient (Wildman–Crippen LogP) is 1.62. The lowest BCUT2D eigenvalue weighted by Crippen LogP contribution is -2.44. The molecule has 1 aliphatic heterocycles. The average Bonchev–Trinajstić information content (AvgIpc) is 2.53. The van der Waals surface area contributed by atoms with Crippen LogP contribution >= 0.6 is 0 Å². The fraction of sp³-hybridized carbons (Fsp3) is 0.438. The topological polar surface area (TPSA) is 104 Å². The first kappa shape index (κ1) is 16.8. The summed E-state index contributed by atoms with van der Waals surface area (Å²) in [6, 6.07) is 5.91. The zero-order valence-corrected chi connectivity index (χ0v) is 12.6. The zero-order valence-electron chi connectivity index (χ0n) is 12.6. The Morgan fingerprint density at radius 3 is 2.39 bits per heavy atom. The first-order valence-electron chi connectivity index (χ1n) is 7.45. The van der Waals surface area contributed by atoms with E-state index in [1.807, 2.05) is 0 Å². The molecule has 1 aliphatic rings. The largest absolute Gasteiger partial charge is 0.482 e. The van der Waals surface area contributed by atoms with E-state index in [1.54, 1.807) is 17.0 Å². The third-order valence-corrected chi connectivity index (χ3v) is 3.76. The van der Waals surface area contributed by atoms with Gasteiger partial charge in [-0.2, -0.15) is 0 Å². The van der Waals surface area contributed by atoms with Crippen molar-refractivity contribution >= 4 is 17.8 Å². The number of carbonyl (C=O) groups excluding carboxylic acids is 1. The van der Waals surface area contributed by atoms with E-state index in [0.29, 0.717) is 24.3 Å². The number of amides is 1. The van der Waals surface area contributed by atoms with Gasteiger partial charge >= 0.3 is 11.9 Å². The smallest absolute Gasteiger partial charge is 0.341 e. The second-order valence-corrected chi connectivity index (χ2v) is 5.45. The van der Waals surface area contributed by atoms with Crippen molar-refractivity contribution in [1.29, 1.82) is 0 Å². The number of hydrogen-bond acceptors (Lipinski definition) is 4.